The van der Waals surface area contributed by atoms with Crippen molar-refractivity contribution in [2.24, 2.45) is 9.98 Å². The van der Waals surface area contributed by atoms with Gasteiger partial charge in [-0.25, -0.2) is 9.98 Å². The molecule has 0 aliphatic carbocycles. The molecule has 6 heteroatoms. The van der Waals surface area contributed by atoms with Crippen molar-refractivity contribution < 1.29 is 4.42 Å². The highest BCUT2D eigenvalue weighted by molar-refractivity contribution is 7.26. The van der Waals surface area contributed by atoms with E-state index < -0.39 is 0 Å². The van der Waals surface area contributed by atoms with Crippen LogP contribution in [-0.2, 0) is 0 Å². The van der Waals surface area contributed by atoms with Gasteiger partial charge in [0.05, 0.1) is 22.1 Å². The van der Waals surface area contributed by atoms with Crippen LogP contribution in [-0.4, -0.2) is 16.2 Å². The minimum absolute atomic E-state index is 0.328. The van der Waals surface area contributed by atoms with Crippen molar-refractivity contribution in [3.05, 3.63) is 199 Å². The van der Waals surface area contributed by atoms with E-state index in [1.54, 1.807) is 0 Å². The van der Waals surface area contributed by atoms with Crippen molar-refractivity contribution in [3.63, 3.8) is 0 Å². The zero-order valence-corrected chi connectivity index (χ0v) is 31.4. The first-order valence-electron chi connectivity index (χ1n) is 19.2. The molecule has 268 valence electrons. The quantitative estimate of drug-likeness (QED) is 0.191. The Morgan fingerprint density at radius 3 is 1.86 bits per heavy atom. The van der Waals surface area contributed by atoms with Crippen molar-refractivity contribution in [2.75, 3.05) is 0 Å². The number of hydrogen-bond donors (Lipinski definition) is 1. The first-order valence-corrected chi connectivity index (χ1v) is 20.0. The number of nitrogens with one attached hydrogen (secondary N) is 1. The van der Waals surface area contributed by atoms with E-state index in [1.165, 1.54) is 42.0 Å². The summed E-state index contributed by atoms with van der Waals surface area (Å²) in [7, 11) is 0. The van der Waals surface area contributed by atoms with Crippen LogP contribution in [0.25, 0.3) is 80.7 Å². The number of aromatic nitrogens is 1. The summed E-state index contributed by atoms with van der Waals surface area (Å²) in [4.78, 5) is 10.3. The van der Waals surface area contributed by atoms with Gasteiger partial charge in [-0.2, -0.15) is 0 Å². The number of nitrogens with zero attached hydrogens (tertiary/aromatic N) is 3. The molecule has 1 aliphatic rings. The number of benzene rings is 8. The number of para-hydroxylation sites is 3. The first-order chi connectivity index (χ1) is 28.3. The lowest BCUT2D eigenvalue weighted by Crippen LogP contribution is -2.33. The van der Waals surface area contributed by atoms with Crippen molar-refractivity contribution in [3.8, 4) is 16.8 Å². The Morgan fingerprint density at radius 1 is 0.509 bits per heavy atom. The van der Waals surface area contributed by atoms with Gasteiger partial charge in [-0.3, -0.25) is 0 Å². The van der Waals surface area contributed by atoms with Crippen LogP contribution in [0.1, 0.15) is 22.9 Å². The van der Waals surface area contributed by atoms with Crippen molar-refractivity contribution in [2.45, 2.75) is 6.17 Å². The lowest BCUT2D eigenvalue weighted by molar-refractivity contribution is 0.670. The van der Waals surface area contributed by atoms with Gasteiger partial charge in [0.15, 0.2) is 5.84 Å². The molecule has 1 aliphatic heterocycles. The number of furan rings is 1. The Hall–Kier alpha value is -7.28. The molecule has 0 radical (unpaired) electrons. The molecule has 0 saturated heterocycles. The van der Waals surface area contributed by atoms with Gasteiger partial charge in [0.25, 0.3) is 0 Å². The highest BCUT2D eigenvalue weighted by atomic mass is 32.1. The van der Waals surface area contributed by atoms with Gasteiger partial charge in [0.1, 0.15) is 23.2 Å². The summed E-state index contributed by atoms with van der Waals surface area (Å²) in [5.41, 5.74) is 10.6. The molecule has 11 aromatic rings. The van der Waals surface area contributed by atoms with E-state index in [9.17, 15) is 0 Å². The first kappa shape index (κ1) is 32.0. The van der Waals surface area contributed by atoms with Crippen LogP contribution < -0.4 is 5.32 Å². The van der Waals surface area contributed by atoms with Crippen LogP contribution >= 0.6 is 11.3 Å². The molecule has 0 amide bonds. The number of hydrogen-bond acceptors (Lipinski definition) is 5. The van der Waals surface area contributed by atoms with Crippen LogP contribution in [0, 0.1) is 0 Å². The Bertz CT molecular complexity index is 3390. The standard InChI is InChI=1S/C51H32N4OS/c1-3-15-31(16-4-1)49-52-50(32-17-5-2-6-18-32)54-51(53-49)40-26-13-24-38-37-23-12-22-36(47(37)57-48(38)40)35-21-11-25-39-45-43(29-14-30-44(45)56-46(35)39)55-41-27-9-7-19-33(41)34-20-8-10-28-42(34)55/h1-30,51H,(H,52,53,54). The Labute approximate surface area is 331 Å². The molecule has 4 heterocycles. The van der Waals surface area contributed by atoms with Crippen LogP contribution in [0.5, 0.6) is 0 Å². The van der Waals surface area contributed by atoms with Gasteiger partial charge >= 0.3 is 0 Å². The molecule has 0 fully saturated rings. The Morgan fingerprint density at radius 2 is 1.11 bits per heavy atom. The third kappa shape index (κ3) is 4.94. The maximum Gasteiger partial charge on any atom is 0.159 e. The second kappa shape index (κ2) is 12.6. The van der Waals surface area contributed by atoms with E-state index in [1.807, 2.05) is 47.7 Å². The van der Waals surface area contributed by atoms with E-state index in [4.69, 9.17) is 14.4 Å². The monoisotopic (exact) mass is 748 g/mol. The fourth-order valence-electron chi connectivity index (χ4n) is 8.75. The molecular formula is C51H32N4OS. The zero-order valence-electron chi connectivity index (χ0n) is 30.6. The molecule has 0 spiro atoms. The average Bonchev–Trinajstić information content (AvgIpc) is 3.97. The maximum absolute atomic E-state index is 6.90. The number of aliphatic imine (C=N–C) groups is 2. The zero-order chi connectivity index (χ0) is 37.5. The molecule has 3 aromatic heterocycles. The van der Waals surface area contributed by atoms with Gasteiger partial charge in [0, 0.05) is 64.1 Å². The van der Waals surface area contributed by atoms with E-state index in [0.29, 0.717) is 5.84 Å². The predicted molar refractivity (Wildman–Crippen MR) is 238 cm³/mol. The van der Waals surface area contributed by atoms with Crippen LogP contribution in [0.2, 0.25) is 0 Å². The van der Waals surface area contributed by atoms with Crippen molar-refractivity contribution in [1.82, 2.24) is 9.88 Å². The smallest absolute Gasteiger partial charge is 0.159 e. The van der Waals surface area contributed by atoms with Crippen molar-refractivity contribution >= 4 is 86.9 Å². The molecule has 1 atom stereocenters. The number of thiophene rings is 1. The molecule has 1 unspecified atom stereocenters. The van der Waals surface area contributed by atoms with Crippen LogP contribution in [0.15, 0.2) is 196 Å². The summed E-state index contributed by atoms with van der Waals surface area (Å²) in [6.07, 6.45) is -0.328. The minimum Gasteiger partial charge on any atom is -0.455 e. The van der Waals surface area contributed by atoms with E-state index in [0.717, 1.165) is 61.3 Å². The maximum atomic E-state index is 6.90. The SMILES string of the molecule is c1ccc(C2=NC(c3cccc4c3sc3c(-c5cccc6c5oc5cccc(-n7c8ccccc8c8ccccc87)c56)cccc34)NC(c3ccccc3)=N2)cc1. The normalized spacial score (nSPS) is 14.5. The van der Waals surface area contributed by atoms with Gasteiger partial charge < -0.3 is 14.3 Å². The molecule has 0 bridgehead atoms. The second-order valence-corrected chi connectivity index (χ2v) is 15.5. The highest BCUT2D eigenvalue weighted by Crippen LogP contribution is 2.46. The molecule has 5 nitrogen and oxygen atoms in total. The third-order valence-corrected chi connectivity index (χ3v) is 12.6. The highest BCUT2D eigenvalue weighted by Gasteiger charge is 2.25. The molecule has 0 saturated carbocycles. The fourth-order valence-corrected chi connectivity index (χ4v) is 10.1. The summed E-state index contributed by atoms with van der Waals surface area (Å²) >= 11 is 1.82. The predicted octanol–water partition coefficient (Wildman–Crippen LogP) is 13.2. The number of amidine groups is 2. The Kier molecular flexibility index (Phi) is 7.09. The van der Waals surface area contributed by atoms with Crippen LogP contribution in [0.4, 0.5) is 0 Å². The van der Waals surface area contributed by atoms with E-state index in [-0.39, 0.29) is 6.17 Å². The summed E-state index contributed by atoms with van der Waals surface area (Å²) in [6.45, 7) is 0. The Balaban J connectivity index is 1.04. The molecule has 57 heavy (non-hydrogen) atoms. The van der Waals surface area contributed by atoms with E-state index in [2.05, 4.69) is 155 Å². The van der Waals surface area contributed by atoms with Gasteiger partial charge in [-0.15, -0.1) is 11.3 Å². The fraction of sp³-hybridized carbons (Fsp3) is 0.0196. The lowest BCUT2D eigenvalue weighted by Gasteiger charge is -2.24. The molecule has 8 aromatic carbocycles. The number of fused-ring (bicyclic) bond motifs is 9. The molecule has 12 rings (SSSR count). The largest absolute Gasteiger partial charge is 0.455 e. The second-order valence-electron chi connectivity index (χ2n) is 14.5. The minimum atomic E-state index is -0.328. The number of rotatable bonds is 5. The van der Waals surface area contributed by atoms with Crippen molar-refractivity contribution in [1.29, 1.82) is 0 Å². The lowest BCUT2D eigenvalue weighted by atomic mass is 9.99. The van der Waals surface area contributed by atoms with Gasteiger partial charge in [0.2, 0.25) is 0 Å². The van der Waals surface area contributed by atoms with Gasteiger partial charge in [-0.05, 0) is 24.3 Å². The summed E-state index contributed by atoms with van der Waals surface area (Å²) in [6, 6.07) is 64.1. The molecular weight excluding hydrogens is 717 g/mol. The van der Waals surface area contributed by atoms with Crippen LogP contribution in [0.3, 0.4) is 0 Å². The van der Waals surface area contributed by atoms with Gasteiger partial charge in [-0.1, -0.05) is 158 Å². The summed E-state index contributed by atoms with van der Waals surface area (Å²) in [5.74, 6) is 1.53. The summed E-state index contributed by atoms with van der Waals surface area (Å²) < 4.78 is 11.7. The topological polar surface area (TPSA) is 54.8 Å². The van der Waals surface area contributed by atoms with E-state index >= 15 is 0 Å². The summed E-state index contributed by atoms with van der Waals surface area (Å²) in [5, 5.41) is 10.8. The third-order valence-electron chi connectivity index (χ3n) is 11.3. The molecule has 1 N–H and O–H groups in total. The average molecular weight is 749 g/mol.